The molecule has 0 fully saturated rings. The van der Waals surface area contributed by atoms with Gasteiger partial charge in [0.25, 0.3) is 5.91 Å². The first kappa shape index (κ1) is 22.8. The number of aromatic nitrogens is 3. The highest BCUT2D eigenvalue weighted by Gasteiger charge is 2.21. The van der Waals surface area contributed by atoms with Crippen molar-refractivity contribution in [1.29, 1.82) is 0 Å². The predicted molar refractivity (Wildman–Crippen MR) is 124 cm³/mol. The van der Waals surface area contributed by atoms with E-state index in [1.165, 1.54) is 20.5 Å². The summed E-state index contributed by atoms with van der Waals surface area (Å²) >= 11 is 0. The average molecular weight is 464 g/mol. The molecular formula is C24H24N4O6. The van der Waals surface area contributed by atoms with Gasteiger partial charge in [-0.2, -0.15) is 5.10 Å². The second kappa shape index (κ2) is 9.65. The number of nitrogens with one attached hydrogen (secondary N) is 1. The molecule has 1 N–H and O–H groups in total. The SMILES string of the molecule is COc1ccc(NC(=O)COC(=O)c2cc(-c3ccco3)nc3c2cnn3C(C)C)c(OC)c1. The van der Waals surface area contributed by atoms with Crippen LogP contribution in [-0.2, 0) is 9.53 Å². The molecule has 1 aromatic carbocycles. The summed E-state index contributed by atoms with van der Waals surface area (Å²) in [4.78, 5) is 30.1. The number of methoxy groups -OCH3 is 2. The molecule has 34 heavy (non-hydrogen) atoms. The molecule has 3 heterocycles. The smallest absolute Gasteiger partial charge is 0.339 e. The molecule has 10 heteroatoms. The van der Waals surface area contributed by atoms with Crippen LogP contribution >= 0.6 is 0 Å². The molecule has 1 amide bonds. The molecule has 0 bridgehead atoms. The van der Waals surface area contributed by atoms with Gasteiger partial charge in [0.15, 0.2) is 18.0 Å². The van der Waals surface area contributed by atoms with Gasteiger partial charge in [0.2, 0.25) is 0 Å². The summed E-state index contributed by atoms with van der Waals surface area (Å²) in [6, 6.07) is 10.0. The summed E-state index contributed by atoms with van der Waals surface area (Å²) in [5, 5.41) is 7.55. The monoisotopic (exact) mass is 464 g/mol. The van der Waals surface area contributed by atoms with E-state index in [4.69, 9.17) is 18.6 Å². The van der Waals surface area contributed by atoms with E-state index in [1.807, 2.05) is 13.8 Å². The van der Waals surface area contributed by atoms with E-state index in [9.17, 15) is 9.59 Å². The Kier molecular flexibility index (Phi) is 6.48. The number of nitrogens with zero attached hydrogens (tertiary/aromatic N) is 3. The topological polar surface area (TPSA) is 118 Å². The van der Waals surface area contributed by atoms with Crippen LogP contribution in [0.25, 0.3) is 22.5 Å². The maximum absolute atomic E-state index is 13.0. The van der Waals surface area contributed by atoms with Crippen molar-refractivity contribution in [1.82, 2.24) is 14.8 Å². The molecule has 10 nitrogen and oxygen atoms in total. The first-order valence-corrected chi connectivity index (χ1v) is 10.5. The lowest BCUT2D eigenvalue weighted by Gasteiger charge is -2.12. The second-order valence-electron chi connectivity index (χ2n) is 7.64. The van der Waals surface area contributed by atoms with Crippen LogP contribution in [0.2, 0.25) is 0 Å². The normalized spacial score (nSPS) is 11.0. The Hall–Kier alpha value is -4.34. The van der Waals surface area contributed by atoms with E-state index >= 15 is 0 Å². The zero-order valence-electron chi connectivity index (χ0n) is 19.2. The summed E-state index contributed by atoms with van der Waals surface area (Å²) in [5.74, 6) is 0.291. The Bertz CT molecular complexity index is 1330. The number of benzene rings is 1. The van der Waals surface area contributed by atoms with Gasteiger partial charge in [0.05, 0.1) is 43.3 Å². The Morgan fingerprint density at radius 1 is 1.15 bits per heavy atom. The van der Waals surface area contributed by atoms with Crippen LogP contribution in [-0.4, -0.2) is 47.5 Å². The summed E-state index contributed by atoms with van der Waals surface area (Å²) in [6.45, 7) is 3.43. The van der Waals surface area contributed by atoms with Gasteiger partial charge >= 0.3 is 5.97 Å². The van der Waals surface area contributed by atoms with Gasteiger partial charge in [-0.15, -0.1) is 0 Å². The number of fused-ring (bicyclic) bond motifs is 1. The fraction of sp³-hybridized carbons (Fsp3) is 0.250. The summed E-state index contributed by atoms with van der Waals surface area (Å²) < 4.78 is 22.9. The van der Waals surface area contributed by atoms with Crippen molar-refractivity contribution in [3.8, 4) is 23.0 Å². The molecule has 3 aromatic heterocycles. The number of rotatable bonds is 8. The third-order valence-corrected chi connectivity index (χ3v) is 5.07. The number of esters is 1. The van der Waals surface area contributed by atoms with Crippen molar-refractivity contribution in [2.75, 3.05) is 26.1 Å². The molecule has 4 rings (SSSR count). The Balaban J connectivity index is 1.55. The largest absolute Gasteiger partial charge is 0.497 e. The molecular weight excluding hydrogens is 440 g/mol. The van der Waals surface area contributed by atoms with Gasteiger partial charge in [0.1, 0.15) is 17.2 Å². The molecule has 0 aliphatic rings. The number of amides is 1. The molecule has 176 valence electrons. The number of carbonyl (C=O) groups is 2. The molecule has 0 saturated carbocycles. The molecule has 0 unspecified atom stereocenters. The Labute approximate surface area is 195 Å². The number of pyridine rings is 1. The van der Waals surface area contributed by atoms with E-state index in [0.29, 0.717) is 39.7 Å². The van der Waals surface area contributed by atoms with Gasteiger partial charge in [0, 0.05) is 12.1 Å². The predicted octanol–water partition coefficient (Wildman–Crippen LogP) is 4.08. The van der Waals surface area contributed by atoms with Gasteiger partial charge < -0.3 is 23.9 Å². The maximum Gasteiger partial charge on any atom is 0.339 e. The molecule has 4 aromatic rings. The highest BCUT2D eigenvalue weighted by molar-refractivity contribution is 6.04. The van der Waals surface area contributed by atoms with Crippen LogP contribution in [0.15, 0.2) is 53.3 Å². The third kappa shape index (κ3) is 4.56. The lowest BCUT2D eigenvalue weighted by Crippen LogP contribution is -2.21. The van der Waals surface area contributed by atoms with E-state index < -0.39 is 18.5 Å². The number of hydrogen-bond donors (Lipinski definition) is 1. The van der Waals surface area contributed by atoms with Crippen LogP contribution in [0.3, 0.4) is 0 Å². The highest BCUT2D eigenvalue weighted by atomic mass is 16.5. The van der Waals surface area contributed by atoms with Gasteiger partial charge in [-0.25, -0.2) is 14.5 Å². The second-order valence-corrected chi connectivity index (χ2v) is 7.64. The van der Waals surface area contributed by atoms with Gasteiger partial charge in [-0.05, 0) is 44.2 Å². The minimum absolute atomic E-state index is 0.0194. The fourth-order valence-electron chi connectivity index (χ4n) is 3.41. The zero-order valence-corrected chi connectivity index (χ0v) is 19.2. The molecule has 0 atom stereocenters. The van der Waals surface area contributed by atoms with E-state index in [-0.39, 0.29) is 11.6 Å². The summed E-state index contributed by atoms with van der Waals surface area (Å²) in [7, 11) is 3.01. The van der Waals surface area contributed by atoms with Gasteiger partial charge in [-0.1, -0.05) is 0 Å². The lowest BCUT2D eigenvalue weighted by molar-refractivity contribution is -0.119. The van der Waals surface area contributed by atoms with E-state index in [2.05, 4.69) is 15.4 Å². The van der Waals surface area contributed by atoms with E-state index in [0.717, 1.165) is 0 Å². The van der Waals surface area contributed by atoms with Crippen LogP contribution in [0.5, 0.6) is 11.5 Å². The average Bonchev–Trinajstić information content (AvgIpc) is 3.52. The van der Waals surface area contributed by atoms with Gasteiger partial charge in [-0.3, -0.25) is 4.79 Å². The molecule has 0 aliphatic carbocycles. The van der Waals surface area contributed by atoms with Crippen molar-refractivity contribution in [2.45, 2.75) is 19.9 Å². The minimum atomic E-state index is -0.680. The lowest BCUT2D eigenvalue weighted by atomic mass is 10.1. The summed E-state index contributed by atoms with van der Waals surface area (Å²) in [5.41, 5.74) is 1.63. The van der Waals surface area contributed by atoms with Crippen LogP contribution < -0.4 is 14.8 Å². The van der Waals surface area contributed by atoms with Crippen LogP contribution in [0.1, 0.15) is 30.2 Å². The van der Waals surface area contributed by atoms with Crippen molar-refractivity contribution >= 4 is 28.6 Å². The van der Waals surface area contributed by atoms with Crippen LogP contribution in [0, 0.1) is 0 Å². The Morgan fingerprint density at radius 2 is 1.97 bits per heavy atom. The van der Waals surface area contributed by atoms with Crippen molar-refractivity contribution in [3.05, 3.63) is 54.4 Å². The van der Waals surface area contributed by atoms with Crippen molar-refractivity contribution in [2.24, 2.45) is 0 Å². The number of ether oxygens (including phenoxy) is 3. The fourth-order valence-corrected chi connectivity index (χ4v) is 3.41. The molecule has 0 radical (unpaired) electrons. The number of furan rings is 1. The Morgan fingerprint density at radius 3 is 2.65 bits per heavy atom. The standard InChI is InChI=1S/C24H24N4O6/c1-14(2)28-23-17(12-25-28)16(11-19(27-23)20-6-5-9-33-20)24(30)34-13-22(29)26-18-8-7-15(31-3)10-21(18)32-4/h5-12,14H,13H2,1-4H3,(H,26,29). The zero-order chi connectivity index (χ0) is 24.2. The van der Waals surface area contributed by atoms with Crippen molar-refractivity contribution in [3.63, 3.8) is 0 Å². The first-order chi connectivity index (χ1) is 16.4. The minimum Gasteiger partial charge on any atom is -0.497 e. The molecule has 0 spiro atoms. The van der Waals surface area contributed by atoms with Crippen LogP contribution in [0.4, 0.5) is 5.69 Å². The maximum atomic E-state index is 13.0. The molecule has 0 saturated heterocycles. The highest BCUT2D eigenvalue weighted by Crippen LogP contribution is 2.29. The quantitative estimate of drug-likeness (QED) is 0.388. The number of hydrogen-bond acceptors (Lipinski definition) is 8. The number of anilines is 1. The molecule has 0 aliphatic heterocycles. The van der Waals surface area contributed by atoms with Crippen molar-refractivity contribution < 1.29 is 28.2 Å². The first-order valence-electron chi connectivity index (χ1n) is 10.5. The third-order valence-electron chi connectivity index (χ3n) is 5.07. The number of carbonyl (C=O) groups excluding carboxylic acids is 2. The summed E-state index contributed by atoms with van der Waals surface area (Å²) in [6.07, 6.45) is 3.09. The van der Waals surface area contributed by atoms with E-state index in [1.54, 1.807) is 47.3 Å².